The lowest BCUT2D eigenvalue weighted by atomic mass is 10.5. The van der Waals surface area contributed by atoms with Crippen LogP contribution < -0.4 is 0 Å². The smallest absolute Gasteiger partial charge is 0.292 e. The molecule has 0 bridgehead atoms. The standard InChI is InChI=1S/C6H12O7PS/c1-4-12-14(8)6(5(2)7)13-15(9,10)11-3/h6H,4H2,1-3H3/q+1. The Labute approximate surface area is 88.9 Å². The van der Waals surface area contributed by atoms with Crippen molar-refractivity contribution in [3.63, 3.8) is 0 Å². The first-order valence-electron chi connectivity index (χ1n) is 3.92. The molecule has 0 aromatic carbocycles. The van der Waals surface area contributed by atoms with E-state index in [9.17, 15) is 17.8 Å². The molecule has 0 fully saturated rings. The van der Waals surface area contributed by atoms with Gasteiger partial charge in [0.15, 0.2) is 0 Å². The molecule has 15 heavy (non-hydrogen) atoms. The lowest BCUT2D eigenvalue weighted by molar-refractivity contribution is -0.120. The van der Waals surface area contributed by atoms with Gasteiger partial charge in [-0.05, 0) is 11.5 Å². The molecule has 0 aromatic rings. The molecule has 2 atom stereocenters. The maximum absolute atomic E-state index is 11.2. The van der Waals surface area contributed by atoms with Gasteiger partial charge in [-0.25, -0.2) is 0 Å². The van der Waals surface area contributed by atoms with E-state index < -0.39 is 30.1 Å². The third-order valence-electron chi connectivity index (χ3n) is 1.21. The number of Topliss-reactive ketones (excluding diaryl/α,β-unsaturated/α-hetero) is 1. The van der Waals surface area contributed by atoms with Gasteiger partial charge in [0.2, 0.25) is 5.78 Å². The van der Waals surface area contributed by atoms with Gasteiger partial charge < -0.3 is 0 Å². The fourth-order valence-electron chi connectivity index (χ4n) is 0.597. The van der Waals surface area contributed by atoms with Crippen molar-refractivity contribution in [2.75, 3.05) is 13.7 Å². The van der Waals surface area contributed by atoms with E-state index in [0.717, 1.165) is 14.0 Å². The first-order valence-corrected chi connectivity index (χ1v) is 6.50. The van der Waals surface area contributed by atoms with Crippen molar-refractivity contribution in [3.05, 3.63) is 0 Å². The number of carbonyl (C=O) groups is 1. The van der Waals surface area contributed by atoms with Crippen LogP contribution in [0, 0.1) is 0 Å². The Morgan fingerprint density at radius 3 is 2.33 bits per heavy atom. The Bertz CT molecular complexity index is 335. The summed E-state index contributed by atoms with van der Waals surface area (Å²) >= 11 is 0. The van der Waals surface area contributed by atoms with E-state index in [0.29, 0.717) is 0 Å². The fraction of sp³-hybridized carbons (Fsp3) is 0.833. The van der Waals surface area contributed by atoms with Gasteiger partial charge in [0.1, 0.15) is 0 Å². The SMILES string of the molecule is CCO[P+](=O)C(OS(=O)(=O)OC)C(C)=O. The van der Waals surface area contributed by atoms with Crippen LogP contribution in [0.4, 0.5) is 0 Å². The lowest BCUT2D eigenvalue weighted by Crippen LogP contribution is -2.23. The predicted octanol–water partition coefficient (Wildman–Crippen LogP) is 0.588. The monoisotopic (exact) mass is 259 g/mol. The van der Waals surface area contributed by atoms with Crippen molar-refractivity contribution in [1.82, 2.24) is 0 Å². The first kappa shape index (κ1) is 14.6. The van der Waals surface area contributed by atoms with Crippen molar-refractivity contribution >= 4 is 24.2 Å². The summed E-state index contributed by atoms with van der Waals surface area (Å²) in [6.45, 7) is 2.67. The van der Waals surface area contributed by atoms with Crippen molar-refractivity contribution in [1.29, 1.82) is 0 Å². The minimum Gasteiger partial charge on any atom is -0.292 e. The van der Waals surface area contributed by atoms with E-state index in [4.69, 9.17) is 0 Å². The molecule has 0 radical (unpaired) electrons. The Balaban J connectivity index is 4.70. The Kier molecular flexibility index (Phi) is 6.07. The van der Waals surface area contributed by atoms with Gasteiger partial charge in [0, 0.05) is 6.92 Å². The zero-order chi connectivity index (χ0) is 12.1. The lowest BCUT2D eigenvalue weighted by Gasteiger charge is -2.03. The molecule has 0 aliphatic carbocycles. The molecular weight excluding hydrogens is 247 g/mol. The average molecular weight is 259 g/mol. The predicted molar refractivity (Wildman–Crippen MR) is 50.7 cm³/mol. The zero-order valence-corrected chi connectivity index (χ0v) is 10.2. The van der Waals surface area contributed by atoms with Gasteiger partial charge in [-0.3, -0.25) is 8.98 Å². The Morgan fingerprint density at radius 2 is 2.00 bits per heavy atom. The number of ketones is 1. The number of rotatable bonds is 7. The van der Waals surface area contributed by atoms with Crippen LogP contribution in [0.1, 0.15) is 13.8 Å². The second kappa shape index (κ2) is 6.24. The van der Waals surface area contributed by atoms with Gasteiger partial charge in [-0.1, -0.05) is 0 Å². The molecule has 0 heterocycles. The number of hydrogen-bond acceptors (Lipinski definition) is 7. The van der Waals surface area contributed by atoms with Crippen LogP contribution >= 0.6 is 8.03 Å². The Morgan fingerprint density at radius 1 is 1.47 bits per heavy atom. The summed E-state index contributed by atoms with van der Waals surface area (Å²) < 4.78 is 45.7. The highest BCUT2D eigenvalue weighted by molar-refractivity contribution is 7.82. The highest BCUT2D eigenvalue weighted by Crippen LogP contribution is 2.32. The minimum absolute atomic E-state index is 0.0787. The molecule has 88 valence electrons. The van der Waals surface area contributed by atoms with Crippen molar-refractivity contribution in [2.24, 2.45) is 0 Å². The zero-order valence-electron chi connectivity index (χ0n) is 8.50. The fourth-order valence-corrected chi connectivity index (χ4v) is 2.32. The molecular formula is C6H12O7PS+. The molecule has 2 unspecified atom stereocenters. The maximum Gasteiger partial charge on any atom is 0.550 e. The summed E-state index contributed by atoms with van der Waals surface area (Å²) in [5, 5.41) is 0. The van der Waals surface area contributed by atoms with Crippen LogP contribution in [0.2, 0.25) is 0 Å². The molecule has 0 N–H and O–H groups in total. The number of carbonyl (C=O) groups excluding carboxylic acids is 1. The molecule has 0 rings (SSSR count). The summed E-state index contributed by atoms with van der Waals surface area (Å²) in [7, 11) is -5.98. The van der Waals surface area contributed by atoms with Gasteiger partial charge >= 0.3 is 24.3 Å². The second-order valence-electron chi connectivity index (χ2n) is 2.34. The largest absolute Gasteiger partial charge is 0.550 e. The van der Waals surface area contributed by atoms with E-state index in [-0.39, 0.29) is 6.61 Å². The van der Waals surface area contributed by atoms with E-state index in [1.54, 1.807) is 6.92 Å². The van der Waals surface area contributed by atoms with Crippen LogP contribution in [0.3, 0.4) is 0 Å². The first-order chi connectivity index (χ1) is 6.84. The second-order valence-corrected chi connectivity index (χ2v) is 4.98. The number of hydrogen-bond donors (Lipinski definition) is 0. The van der Waals surface area contributed by atoms with E-state index in [2.05, 4.69) is 12.9 Å². The molecule has 0 aromatic heterocycles. The third kappa shape index (κ3) is 5.29. The summed E-state index contributed by atoms with van der Waals surface area (Å²) in [6.07, 6.45) is 0. The summed E-state index contributed by atoms with van der Waals surface area (Å²) in [5.74, 6) is -2.38. The van der Waals surface area contributed by atoms with E-state index in [1.165, 1.54) is 0 Å². The quantitative estimate of drug-likeness (QED) is 0.617. The molecule has 0 spiro atoms. The topological polar surface area (TPSA) is 96.0 Å². The van der Waals surface area contributed by atoms with Crippen LogP contribution in [0.25, 0.3) is 0 Å². The van der Waals surface area contributed by atoms with Crippen molar-refractivity contribution < 1.29 is 30.7 Å². The van der Waals surface area contributed by atoms with Gasteiger partial charge in [-0.2, -0.15) is 12.6 Å². The molecule has 9 heteroatoms. The molecule has 0 saturated heterocycles. The average Bonchev–Trinajstić information content (AvgIpc) is 2.14. The third-order valence-corrected chi connectivity index (χ3v) is 3.55. The molecule has 0 amide bonds. The van der Waals surface area contributed by atoms with Gasteiger partial charge in [-0.15, -0.1) is 4.52 Å². The van der Waals surface area contributed by atoms with Crippen molar-refractivity contribution in [2.45, 2.75) is 19.7 Å². The van der Waals surface area contributed by atoms with Crippen LogP contribution in [-0.2, 0) is 32.6 Å². The van der Waals surface area contributed by atoms with E-state index >= 15 is 0 Å². The molecule has 7 nitrogen and oxygen atoms in total. The Hall–Kier alpha value is -0.400. The summed E-state index contributed by atoms with van der Waals surface area (Å²) in [6, 6.07) is 0. The normalized spacial score (nSPS) is 14.7. The maximum atomic E-state index is 11.2. The van der Waals surface area contributed by atoms with Crippen LogP contribution in [0.5, 0.6) is 0 Å². The highest BCUT2D eigenvalue weighted by atomic mass is 32.3. The van der Waals surface area contributed by atoms with Crippen LogP contribution in [0.15, 0.2) is 0 Å². The van der Waals surface area contributed by atoms with E-state index in [1.807, 2.05) is 0 Å². The molecule has 0 saturated carbocycles. The van der Waals surface area contributed by atoms with Gasteiger partial charge in [0.05, 0.1) is 13.7 Å². The summed E-state index contributed by atoms with van der Waals surface area (Å²) in [5.41, 5.74) is 0. The van der Waals surface area contributed by atoms with Crippen LogP contribution in [-0.4, -0.2) is 33.8 Å². The van der Waals surface area contributed by atoms with Gasteiger partial charge in [0.25, 0.3) is 0 Å². The minimum atomic E-state index is -4.31. The summed E-state index contributed by atoms with van der Waals surface area (Å²) in [4.78, 5) is 10.9. The molecule has 0 aliphatic heterocycles. The highest BCUT2D eigenvalue weighted by Gasteiger charge is 2.42. The molecule has 0 aliphatic rings. The van der Waals surface area contributed by atoms with Crippen molar-refractivity contribution in [3.8, 4) is 0 Å².